The summed E-state index contributed by atoms with van der Waals surface area (Å²) < 4.78 is -0.108. The molecule has 2 aliphatic heterocycles. The predicted octanol–water partition coefficient (Wildman–Crippen LogP) is 1.14. The second-order valence-electron chi connectivity index (χ2n) is 6.62. The Morgan fingerprint density at radius 3 is 1.74 bits per heavy atom. The van der Waals surface area contributed by atoms with Gasteiger partial charge in [0.2, 0.25) is 23.6 Å². The summed E-state index contributed by atoms with van der Waals surface area (Å²) >= 11 is 2.83. The van der Waals surface area contributed by atoms with Crippen LogP contribution in [0.4, 0.5) is 0 Å². The van der Waals surface area contributed by atoms with Gasteiger partial charge in [-0.05, 0) is 6.26 Å². The summed E-state index contributed by atoms with van der Waals surface area (Å²) in [7, 11) is 0. The first kappa shape index (κ1) is 18.3. The lowest BCUT2D eigenvalue weighted by atomic mass is 10.3. The average Bonchev–Trinajstić information content (AvgIpc) is 2.85. The number of nitrogens with zero attached hydrogens (tertiary/aromatic N) is 2. The summed E-state index contributed by atoms with van der Waals surface area (Å²) in [6.07, 6.45) is 2.18. The maximum atomic E-state index is 12.4. The summed E-state index contributed by atoms with van der Waals surface area (Å²) in [5, 5.41) is -0.705. The van der Waals surface area contributed by atoms with Crippen LogP contribution in [-0.4, -0.2) is 68.0 Å². The normalized spacial score (nSPS) is 25.9. The van der Waals surface area contributed by atoms with Crippen LogP contribution in [0.5, 0.6) is 0 Å². The van der Waals surface area contributed by atoms with Gasteiger partial charge in [0.25, 0.3) is 0 Å². The van der Waals surface area contributed by atoms with E-state index >= 15 is 0 Å². The standard InChI is InChI=1S/C15H22N2O4S2/c1-15(2,3)23-10-8-12(19)17(14(10)21)6-5-16-11(18)7-9(22-4)13(16)20/h9-10H,5-8H2,1-4H3. The van der Waals surface area contributed by atoms with Crippen molar-refractivity contribution in [2.45, 2.75) is 48.9 Å². The molecule has 8 heteroatoms. The lowest BCUT2D eigenvalue weighted by Crippen LogP contribution is -2.41. The van der Waals surface area contributed by atoms with Gasteiger partial charge in [-0.1, -0.05) is 20.8 Å². The second kappa shape index (κ2) is 6.84. The highest BCUT2D eigenvalue weighted by atomic mass is 32.2. The highest BCUT2D eigenvalue weighted by Gasteiger charge is 2.42. The Hall–Kier alpha value is -1.02. The van der Waals surface area contributed by atoms with Crippen molar-refractivity contribution in [2.75, 3.05) is 19.3 Å². The van der Waals surface area contributed by atoms with Crippen molar-refractivity contribution in [1.29, 1.82) is 0 Å². The average molecular weight is 358 g/mol. The van der Waals surface area contributed by atoms with Gasteiger partial charge in [0.15, 0.2) is 0 Å². The van der Waals surface area contributed by atoms with Crippen LogP contribution < -0.4 is 0 Å². The zero-order valence-corrected chi connectivity index (χ0v) is 15.5. The third-order valence-corrected chi connectivity index (χ3v) is 6.03. The van der Waals surface area contributed by atoms with Crippen LogP contribution in [0.2, 0.25) is 0 Å². The van der Waals surface area contributed by atoms with Gasteiger partial charge in [0, 0.05) is 30.7 Å². The van der Waals surface area contributed by atoms with E-state index < -0.39 is 0 Å². The van der Waals surface area contributed by atoms with Crippen molar-refractivity contribution in [3.8, 4) is 0 Å². The highest BCUT2D eigenvalue weighted by Crippen LogP contribution is 2.34. The van der Waals surface area contributed by atoms with Crippen molar-refractivity contribution in [2.24, 2.45) is 0 Å². The van der Waals surface area contributed by atoms with E-state index in [4.69, 9.17) is 0 Å². The van der Waals surface area contributed by atoms with E-state index in [0.29, 0.717) is 0 Å². The fraction of sp³-hybridized carbons (Fsp3) is 0.733. The molecule has 4 amide bonds. The Labute approximate surface area is 144 Å². The van der Waals surface area contributed by atoms with Crippen molar-refractivity contribution in [3.63, 3.8) is 0 Å². The number of imide groups is 2. The molecule has 2 aliphatic rings. The quantitative estimate of drug-likeness (QED) is 0.686. The molecule has 2 rings (SSSR count). The third-order valence-electron chi connectivity index (χ3n) is 3.73. The van der Waals surface area contributed by atoms with E-state index in [0.717, 1.165) is 0 Å². The van der Waals surface area contributed by atoms with Crippen molar-refractivity contribution < 1.29 is 19.2 Å². The number of rotatable bonds is 5. The van der Waals surface area contributed by atoms with Gasteiger partial charge in [-0.3, -0.25) is 29.0 Å². The smallest absolute Gasteiger partial charge is 0.242 e. The molecular weight excluding hydrogens is 336 g/mol. The number of hydrogen-bond acceptors (Lipinski definition) is 6. The van der Waals surface area contributed by atoms with Gasteiger partial charge < -0.3 is 0 Å². The van der Waals surface area contributed by atoms with E-state index in [1.807, 2.05) is 20.8 Å². The molecule has 2 unspecified atom stereocenters. The fourth-order valence-electron chi connectivity index (χ4n) is 2.68. The van der Waals surface area contributed by atoms with Crippen LogP contribution >= 0.6 is 23.5 Å². The van der Waals surface area contributed by atoms with Crippen LogP contribution in [0.25, 0.3) is 0 Å². The Morgan fingerprint density at radius 2 is 1.35 bits per heavy atom. The van der Waals surface area contributed by atoms with Gasteiger partial charge in [-0.2, -0.15) is 11.8 Å². The first-order valence-electron chi connectivity index (χ1n) is 7.53. The molecule has 0 aromatic carbocycles. The van der Waals surface area contributed by atoms with Crippen LogP contribution in [0, 0.1) is 0 Å². The summed E-state index contributed by atoms with van der Waals surface area (Å²) in [4.78, 5) is 50.7. The van der Waals surface area contributed by atoms with E-state index in [2.05, 4.69) is 0 Å². The van der Waals surface area contributed by atoms with E-state index in [1.165, 1.54) is 33.3 Å². The number of carbonyl (C=O) groups is 4. The van der Waals surface area contributed by atoms with E-state index in [-0.39, 0.29) is 64.8 Å². The van der Waals surface area contributed by atoms with Crippen LogP contribution in [0.15, 0.2) is 0 Å². The molecule has 0 spiro atoms. The largest absolute Gasteiger partial charge is 0.280 e. The fourth-order valence-corrected chi connectivity index (χ4v) is 4.62. The Kier molecular flexibility index (Phi) is 5.45. The minimum Gasteiger partial charge on any atom is -0.280 e. The molecule has 128 valence electrons. The monoisotopic (exact) mass is 358 g/mol. The Morgan fingerprint density at radius 1 is 0.913 bits per heavy atom. The molecule has 0 N–H and O–H groups in total. The van der Waals surface area contributed by atoms with E-state index in [1.54, 1.807) is 6.26 Å². The molecule has 2 atom stereocenters. The number of carbonyl (C=O) groups excluding carboxylic acids is 4. The van der Waals surface area contributed by atoms with Gasteiger partial charge >= 0.3 is 0 Å². The summed E-state index contributed by atoms with van der Waals surface area (Å²) in [5.41, 5.74) is 0. The Bertz CT molecular complexity index is 544. The maximum absolute atomic E-state index is 12.4. The maximum Gasteiger partial charge on any atom is 0.242 e. The zero-order chi connectivity index (χ0) is 17.4. The first-order chi connectivity index (χ1) is 10.6. The molecule has 6 nitrogen and oxygen atoms in total. The molecule has 0 aliphatic carbocycles. The molecule has 2 fully saturated rings. The topological polar surface area (TPSA) is 74.8 Å². The molecule has 2 heterocycles. The van der Waals surface area contributed by atoms with Crippen molar-refractivity contribution in [1.82, 2.24) is 9.80 Å². The molecule has 0 radical (unpaired) electrons. The molecule has 0 bridgehead atoms. The van der Waals surface area contributed by atoms with Gasteiger partial charge in [-0.25, -0.2) is 0 Å². The number of likely N-dealkylation sites (tertiary alicyclic amines) is 2. The summed E-state index contributed by atoms with van der Waals surface area (Å²) in [6, 6.07) is 0. The number of thioether (sulfide) groups is 2. The van der Waals surface area contributed by atoms with Gasteiger partial charge in [0.05, 0.1) is 10.5 Å². The second-order valence-corrected chi connectivity index (χ2v) is 9.69. The minimum atomic E-state index is -0.369. The molecule has 0 saturated carbocycles. The van der Waals surface area contributed by atoms with Gasteiger partial charge in [-0.15, -0.1) is 11.8 Å². The lowest BCUT2D eigenvalue weighted by Gasteiger charge is -2.22. The van der Waals surface area contributed by atoms with Crippen LogP contribution in [-0.2, 0) is 19.2 Å². The molecule has 2 saturated heterocycles. The minimum absolute atomic E-state index is 0.0947. The SMILES string of the molecule is CSC1CC(=O)N(CCN2C(=O)CC(SC(C)(C)C)C2=O)C1=O. The van der Waals surface area contributed by atoms with E-state index in [9.17, 15) is 19.2 Å². The molecule has 23 heavy (non-hydrogen) atoms. The number of hydrogen-bond donors (Lipinski definition) is 0. The van der Waals surface area contributed by atoms with Crippen molar-refractivity contribution in [3.05, 3.63) is 0 Å². The lowest BCUT2D eigenvalue weighted by molar-refractivity contribution is -0.143. The summed E-state index contributed by atoms with van der Waals surface area (Å²) in [6.45, 7) is 6.20. The van der Waals surface area contributed by atoms with Gasteiger partial charge in [0.1, 0.15) is 0 Å². The number of amides is 4. The van der Waals surface area contributed by atoms with Crippen molar-refractivity contribution >= 4 is 47.2 Å². The molecule has 0 aromatic rings. The van der Waals surface area contributed by atoms with Crippen LogP contribution in [0.3, 0.4) is 0 Å². The summed E-state index contributed by atoms with van der Waals surface area (Å²) in [5.74, 6) is -0.885. The molecular formula is C15H22N2O4S2. The first-order valence-corrected chi connectivity index (χ1v) is 9.70. The Balaban J connectivity index is 1.96. The highest BCUT2D eigenvalue weighted by molar-refractivity contribution is 8.02. The molecule has 0 aromatic heterocycles. The third kappa shape index (κ3) is 4.09. The predicted molar refractivity (Wildman–Crippen MR) is 91.1 cm³/mol. The zero-order valence-electron chi connectivity index (χ0n) is 13.8. The van der Waals surface area contributed by atoms with Crippen LogP contribution in [0.1, 0.15) is 33.6 Å².